The van der Waals surface area contributed by atoms with Crippen LogP contribution in [0, 0.1) is 18.8 Å². The highest BCUT2D eigenvalue weighted by Gasteiger charge is 2.31. The van der Waals surface area contributed by atoms with E-state index in [9.17, 15) is 9.59 Å². The number of piperidine rings is 1. The smallest absolute Gasteiger partial charge is 0.265 e. The van der Waals surface area contributed by atoms with Gasteiger partial charge in [-0.05, 0) is 42.9 Å². The molecule has 0 saturated carbocycles. The van der Waals surface area contributed by atoms with Crippen LogP contribution in [0.1, 0.15) is 25.8 Å². The van der Waals surface area contributed by atoms with Gasteiger partial charge < -0.3 is 9.64 Å². The van der Waals surface area contributed by atoms with Crippen LogP contribution in [-0.2, 0) is 9.59 Å². The van der Waals surface area contributed by atoms with Crippen LogP contribution in [0.5, 0.6) is 5.75 Å². The van der Waals surface area contributed by atoms with Gasteiger partial charge >= 0.3 is 0 Å². The fourth-order valence-corrected chi connectivity index (χ4v) is 3.59. The summed E-state index contributed by atoms with van der Waals surface area (Å²) in [6.45, 7) is 7.97. The molecule has 1 aromatic rings. The third kappa shape index (κ3) is 3.33. The second-order valence-electron chi connectivity index (χ2n) is 6.98. The average Bonchev–Trinajstić information content (AvgIpc) is 2.49. The lowest BCUT2D eigenvalue weighted by molar-refractivity contribution is -0.134. The maximum Gasteiger partial charge on any atom is 0.265 e. The van der Waals surface area contributed by atoms with Crippen LogP contribution in [0.25, 0.3) is 0 Å². The van der Waals surface area contributed by atoms with E-state index in [1.807, 2.05) is 30.0 Å². The summed E-state index contributed by atoms with van der Waals surface area (Å²) in [5.41, 5.74) is 1.74. The summed E-state index contributed by atoms with van der Waals surface area (Å²) in [6, 6.07) is 5.71. The summed E-state index contributed by atoms with van der Waals surface area (Å²) in [7, 11) is 0. The van der Waals surface area contributed by atoms with Gasteiger partial charge in [-0.3, -0.25) is 14.5 Å². The van der Waals surface area contributed by atoms with Crippen molar-refractivity contribution in [1.29, 1.82) is 0 Å². The Kier molecular flexibility index (Phi) is 4.28. The molecule has 0 spiro atoms. The number of likely N-dealkylation sites (tertiary alicyclic amines) is 1. The number of aryl methyl sites for hydroxylation is 1. The first-order chi connectivity index (χ1) is 10.9. The Hall–Kier alpha value is -2.04. The van der Waals surface area contributed by atoms with Crippen LogP contribution < -0.4 is 9.64 Å². The van der Waals surface area contributed by atoms with Crippen LogP contribution in [0.3, 0.4) is 0 Å². The molecule has 0 aromatic heterocycles. The fraction of sp³-hybridized carbons (Fsp3) is 0.556. The van der Waals surface area contributed by atoms with Gasteiger partial charge in [0.05, 0.1) is 5.69 Å². The molecule has 2 atom stereocenters. The molecule has 2 aliphatic heterocycles. The Bertz CT molecular complexity index is 619. The molecule has 1 saturated heterocycles. The largest absolute Gasteiger partial charge is 0.482 e. The van der Waals surface area contributed by atoms with E-state index in [0.717, 1.165) is 25.1 Å². The molecule has 5 heteroatoms. The van der Waals surface area contributed by atoms with Crippen LogP contribution in [0.4, 0.5) is 5.69 Å². The van der Waals surface area contributed by atoms with E-state index >= 15 is 0 Å². The first kappa shape index (κ1) is 15.8. The van der Waals surface area contributed by atoms with Gasteiger partial charge in [0.1, 0.15) is 12.3 Å². The third-order valence-electron chi connectivity index (χ3n) is 4.57. The van der Waals surface area contributed by atoms with E-state index in [1.165, 1.54) is 0 Å². The van der Waals surface area contributed by atoms with Crippen LogP contribution in [0.15, 0.2) is 18.2 Å². The number of hydrogen-bond acceptors (Lipinski definition) is 3. The molecular formula is C18H24N2O3. The number of amides is 2. The lowest BCUT2D eigenvalue weighted by Crippen LogP contribution is -2.50. The number of fused-ring (bicyclic) bond motifs is 1. The van der Waals surface area contributed by atoms with E-state index in [2.05, 4.69) is 13.8 Å². The van der Waals surface area contributed by atoms with Crippen LogP contribution >= 0.6 is 0 Å². The molecule has 2 heterocycles. The molecule has 1 fully saturated rings. The quantitative estimate of drug-likeness (QED) is 0.840. The zero-order valence-electron chi connectivity index (χ0n) is 14.0. The van der Waals surface area contributed by atoms with Crippen molar-refractivity contribution >= 4 is 17.5 Å². The third-order valence-corrected chi connectivity index (χ3v) is 4.57. The van der Waals surface area contributed by atoms with Crippen molar-refractivity contribution in [3.63, 3.8) is 0 Å². The number of anilines is 1. The predicted molar refractivity (Wildman–Crippen MR) is 88.6 cm³/mol. The molecule has 0 unspecified atom stereocenters. The molecule has 2 aliphatic rings. The topological polar surface area (TPSA) is 49.9 Å². The van der Waals surface area contributed by atoms with Crippen molar-refractivity contribution in [2.45, 2.75) is 27.2 Å². The van der Waals surface area contributed by atoms with Gasteiger partial charge in [-0.25, -0.2) is 0 Å². The summed E-state index contributed by atoms with van der Waals surface area (Å²) in [5, 5.41) is 0. The Morgan fingerprint density at radius 1 is 1.26 bits per heavy atom. The molecule has 23 heavy (non-hydrogen) atoms. The van der Waals surface area contributed by atoms with E-state index in [1.54, 1.807) is 4.90 Å². The maximum atomic E-state index is 12.7. The molecule has 0 N–H and O–H groups in total. The monoisotopic (exact) mass is 316 g/mol. The van der Waals surface area contributed by atoms with Crippen LogP contribution in [-0.4, -0.2) is 43.0 Å². The second kappa shape index (κ2) is 6.22. The van der Waals surface area contributed by atoms with E-state index in [0.29, 0.717) is 23.3 Å². The lowest BCUT2D eigenvalue weighted by atomic mass is 9.92. The van der Waals surface area contributed by atoms with Gasteiger partial charge in [-0.2, -0.15) is 0 Å². The van der Waals surface area contributed by atoms with Crippen molar-refractivity contribution in [2.75, 3.05) is 31.1 Å². The molecule has 0 bridgehead atoms. The lowest BCUT2D eigenvalue weighted by Gasteiger charge is -2.37. The number of rotatable bonds is 2. The van der Waals surface area contributed by atoms with Crippen molar-refractivity contribution < 1.29 is 14.3 Å². The summed E-state index contributed by atoms with van der Waals surface area (Å²) < 4.78 is 5.47. The zero-order chi connectivity index (χ0) is 16.6. The SMILES string of the molecule is Cc1ccc2c(c1)N(CC(=O)N1C[C@H](C)C[C@@H](C)C1)C(=O)CO2. The summed E-state index contributed by atoms with van der Waals surface area (Å²) in [4.78, 5) is 28.4. The molecule has 0 aliphatic carbocycles. The van der Waals surface area contributed by atoms with Gasteiger partial charge in [-0.1, -0.05) is 19.9 Å². The number of ether oxygens (including phenoxy) is 1. The average molecular weight is 316 g/mol. The van der Waals surface area contributed by atoms with Gasteiger partial charge in [0, 0.05) is 13.1 Å². The molecule has 2 amide bonds. The Morgan fingerprint density at radius 3 is 2.65 bits per heavy atom. The van der Waals surface area contributed by atoms with Gasteiger partial charge in [0.25, 0.3) is 5.91 Å². The van der Waals surface area contributed by atoms with E-state index in [4.69, 9.17) is 4.74 Å². The Labute approximate surface area is 137 Å². The van der Waals surface area contributed by atoms with Gasteiger partial charge in [0.15, 0.2) is 6.61 Å². The standard InChI is InChI=1S/C18H24N2O3/c1-12-4-5-16-15(7-12)20(18(22)11-23-16)10-17(21)19-8-13(2)6-14(3)9-19/h4-5,7,13-14H,6,8-11H2,1-3H3/t13-,14-/m1/s1. The van der Waals surface area contributed by atoms with E-state index < -0.39 is 0 Å². The summed E-state index contributed by atoms with van der Waals surface area (Å²) in [5.74, 6) is 1.55. The van der Waals surface area contributed by atoms with Crippen LogP contribution in [0.2, 0.25) is 0 Å². The van der Waals surface area contributed by atoms with E-state index in [-0.39, 0.29) is 25.0 Å². The molecular weight excluding hydrogens is 292 g/mol. The number of carbonyl (C=O) groups is 2. The minimum Gasteiger partial charge on any atom is -0.482 e. The zero-order valence-corrected chi connectivity index (χ0v) is 14.0. The van der Waals surface area contributed by atoms with Crippen molar-refractivity contribution in [3.8, 4) is 5.75 Å². The molecule has 5 nitrogen and oxygen atoms in total. The minimum absolute atomic E-state index is 0.00382. The Balaban J connectivity index is 1.78. The van der Waals surface area contributed by atoms with Gasteiger partial charge in [0.2, 0.25) is 5.91 Å². The number of benzene rings is 1. The highest BCUT2D eigenvalue weighted by Crippen LogP contribution is 2.33. The maximum absolute atomic E-state index is 12.7. The highest BCUT2D eigenvalue weighted by molar-refractivity contribution is 6.02. The van der Waals surface area contributed by atoms with Crippen molar-refractivity contribution in [1.82, 2.24) is 4.90 Å². The highest BCUT2D eigenvalue weighted by atomic mass is 16.5. The minimum atomic E-state index is -0.158. The molecule has 1 aromatic carbocycles. The summed E-state index contributed by atoms with van der Waals surface area (Å²) in [6.07, 6.45) is 1.16. The number of nitrogens with zero attached hydrogens (tertiary/aromatic N) is 2. The molecule has 3 rings (SSSR count). The summed E-state index contributed by atoms with van der Waals surface area (Å²) >= 11 is 0. The molecule has 0 radical (unpaired) electrons. The first-order valence-electron chi connectivity index (χ1n) is 8.25. The van der Waals surface area contributed by atoms with Gasteiger partial charge in [-0.15, -0.1) is 0 Å². The fourth-order valence-electron chi connectivity index (χ4n) is 3.59. The Morgan fingerprint density at radius 2 is 1.96 bits per heavy atom. The van der Waals surface area contributed by atoms with Crippen molar-refractivity contribution in [2.24, 2.45) is 11.8 Å². The van der Waals surface area contributed by atoms with Crippen molar-refractivity contribution in [3.05, 3.63) is 23.8 Å². The number of hydrogen-bond donors (Lipinski definition) is 0. The first-order valence-corrected chi connectivity index (χ1v) is 8.25. The second-order valence-corrected chi connectivity index (χ2v) is 6.98. The molecule has 124 valence electrons. The predicted octanol–water partition coefficient (Wildman–Crippen LogP) is 2.22. The normalized spacial score (nSPS) is 24.2. The number of carbonyl (C=O) groups excluding carboxylic acids is 2.